The van der Waals surface area contributed by atoms with E-state index in [2.05, 4.69) is 10.3 Å². The Kier molecular flexibility index (Phi) is 5.08. The van der Waals surface area contributed by atoms with Crippen molar-refractivity contribution in [3.8, 4) is 0 Å². The highest BCUT2D eigenvalue weighted by Crippen LogP contribution is 2.26. The van der Waals surface area contributed by atoms with Crippen molar-refractivity contribution in [3.05, 3.63) is 63.5 Å². The standard InChI is InChI=1S/C17H12FN3O5S/c1-9-6-10(2-5-13(9)21(24)25)16(23)26-8-15(22)20-17-19-12-4-3-11(18)7-14(12)27-17/h2-7H,8H2,1H3,(H,19,20,22). The Balaban J connectivity index is 1.60. The van der Waals surface area contributed by atoms with Crippen LogP contribution < -0.4 is 5.32 Å². The summed E-state index contributed by atoms with van der Waals surface area (Å²) in [6.45, 7) is 0.941. The van der Waals surface area contributed by atoms with Gasteiger partial charge in [0.05, 0.1) is 20.7 Å². The van der Waals surface area contributed by atoms with Crippen LogP contribution in [0.15, 0.2) is 36.4 Å². The van der Waals surface area contributed by atoms with Crippen LogP contribution in [0.2, 0.25) is 0 Å². The van der Waals surface area contributed by atoms with E-state index in [4.69, 9.17) is 4.74 Å². The molecule has 0 aliphatic rings. The van der Waals surface area contributed by atoms with Crippen molar-refractivity contribution in [2.24, 2.45) is 0 Å². The number of carbonyl (C=O) groups is 2. The summed E-state index contributed by atoms with van der Waals surface area (Å²) in [6, 6.07) is 7.84. The van der Waals surface area contributed by atoms with Crippen LogP contribution in [0.1, 0.15) is 15.9 Å². The van der Waals surface area contributed by atoms with Crippen molar-refractivity contribution in [3.63, 3.8) is 0 Å². The van der Waals surface area contributed by atoms with Crippen molar-refractivity contribution in [1.29, 1.82) is 0 Å². The molecule has 0 unspecified atom stereocenters. The number of hydrogen-bond acceptors (Lipinski definition) is 7. The normalized spacial score (nSPS) is 10.6. The maximum Gasteiger partial charge on any atom is 0.338 e. The summed E-state index contributed by atoms with van der Waals surface area (Å²) in [5, 5.41) is 13.5. The molecular formula is C17H12FN3O5S. The Bertz CT molecular complexity index is 1070. The first-order valence-electron chi connectivity index (χ1n) is 7.61. The molecule has 1 aromatic heterocycles. The number of nitro groups is 1. The highest BCUT2D eigenvalue weighted by Gasteiger charge is 2.16. The number of fused-ring (bicyclic) bond motifs is 1. The lowest BCUT2D eigenvalue weighted by atomic mass is 10.1. The molecule has 10 heteroatoms. The van der Waals surface area contributed by atoms with Gasteiger partial charge in [0.1, 0.15) is 5.82 Å². The van der Waals surface area contributed by atoms with Crippen molar-refractivity contribution in [2.45, 2.75) is 6.92 Å². The minimum absolute atomic E-state index is 0.0985. The number of hydrogen-bond donors (Lipinski definition) is 1. The van der Waals surface area contributed by atoms with Gasteiger partial charge in [0.25, 0.3) is 11.6 Å². The van der Waals surface area contributed by atoms with Gasteiger partial charge in [-0.25, -0.2) is 14.2 Å². The minimum atomic E-state index is -0.783. The van der Waals surface area contributed by atoms with Gasteiger partial charge in [0.15, 0.2) is 11.7 Å². The fourth-order valence-corrected chi connectivity index (χ4v) is 3.22. The van der Waals surface area contributed by atoms with E-state index in [9.17, 15) is 24.1 Å². The second-order valence-electron chi connectivity index (χ2n) is 5.51. The van der Waals surface area contributed by atoms with Crippen LogP contribution in [0, 0.1) is 22.9 Å². The second kappa shape index (κ2) is 7.46. The Morgan fingerprint density at radius 2 is 2.07 bits per heavy atom. The molecule has 0 fully saturated rings. The average Bonchev–Trinajstić information content (AvgIpc) is 3.00. The van der Waals surface area contributed by atoms with Crippen LogP contribution in [0.5, 0.6) is 0 Å². The zero-order valence-corrected chi connectivity index (χ0v) is 14.7. The van der Waals surface area contributed by atoms with E-state index in [1.54, 1.807) is 0 Å². The maximum absolute atomic E-state index is 13.2. The first-order chi connectivity index (χ1) is 12.8. The number of halogens is 1. The lowest BCUT2D eigenvalue weighted by molar-refractivity contribution is -0.385. The van der Waals surface area contributed by atoms with E-state index in [-0.39, 0.29) is 16.4 Å². The number of carbonyl (C=O) groups excluding carboxylic acids is 2. The molecule has 0 aliphatic carbocycles. The van der Waals surface area contributed by atoms with Crippen LogP contribution in [-0.4, -0.2) is 28.4 Å². The number of thiazole rings is 1. The predicted octanol–water partition coefficient (Wildman–Crippen LogP) is 3.45. The molecule has 0 bridgehead atoms. The lowest BCUT2D eigenvalue weighted by Crippen LogP contribution is -2.20. The van der Waals surface area contributed by atoms with Gasteiger partial charge in [-0.1, -0.05) is 11.3 Å². The van der Waals surface area contributed by atoms with Crippen molar-refractivity contribution >= 4 is 44.2 Å². The van der Waals surface area contributed by atoms with Gasteiger partial charge >= 0.3 is 5.97 Å². The minimum Gasteiger partial charge on any atom is -0.452 e. The molecule has 0 saturated carbocycles. The fourth-order valence-electron chi connectivity index (χ4n) is 2.31. The van der Waals surface area contributed by atoms with Gasteiger partial charge in [0.2, 0.25) is 0 Å². The van der Waals surface area contributed by atoms with E-state index in [1.165, 1.54) is 43.3 Å². The molecular weight excluding hydrogens is 377 g/mol. The number of aryl methyl sites for hydroxylation is 1. The van der Waals surface area contributed by atoms with Crippen LogP contribution in [-0.2, 0) is 9.53 Å². The number of esters is 1. The van der Waals surface area contributed by atoms with Gasteiger partial charge in [-0.05, 0) is 37.3 Å². The molecule has 1 amide bonds. The van der Waals surface area contributed by atoms with Crippen LogP contribution in [0.3, 0.4) is 0 Å². The van der Waals surface area contributed by atoms with Gasteiger partial charge in [-0.3, -0.25) is 20.2 Å². The fraction of sp³-hybridized carbons (Fsp3) is 0.118. The Hall–Kier alpha value is -3.40. The van der Waals surface area contributed by atoms with Gasteiger partial charge in [-0.15, -0.1) is 0 Å². The molecule has 138 valence electrons. The molecule has 0 saturated heterocycles. The molecule has 0 spiro atoms. The highest BCUT2D eigenvalue weighted by atomic mass is 32.1. The van der Waals surface area contributed by atoms with Crippen LogP contribution in [0.25, 0.3) is 10.2 Å². The lowest BCUT2D eigenvalue weighted by Gasteiger charge is -2.05. The maximum atomic E-state index is 13.2. The van der Waals surface area contributed by atoms with E-state index in [1.807, 2.05) is 0 Å². The Morgan fingerprint density at radius 3 is 2.78 bits per heavy atom. The second-order valence-corrected chi connectivity index (χ2v) is 6.54. The molecule has 1 heterocycles. The molecule has 0 aliphatic heterocycles. The third-order valence-corrected chi connectivity index (χ3v) is 4.49. The zero-order valence-electron chi connectivity index (χ0n) is 13.9. The summed E-state index contributed by atoms with van der Waals surface area (Å²) in [6.07, 6.45) is 0. The first-order valence-corrected chi connectivity index (χ1v) is 8.43. The van der Waals surface area contributed by atoms with Crippen molar-refractivity contribution in [1.82, 2.24) is 4.98 Å². The quantitative estimate of drug-likeness (QED) is 0.406. The molecule has 3 aromatic rings. The molecule has 1 N–H and O–H groups in total. The summed E-state index contributed by atoms with van der Waals surface area (Å²) < 4.78 is 18.7. The number of aromatic nitrogens is 1. The van der Waals surface area contributed by atoms with Gasteiger partial charge in [0, 0.05) is 11.6 Å². The van der Waals surface area contributed by atoms with E-state index in [0.717, 1.165) is 11.3 Å². The summed E-state index contributed by atoms with van der Waals surface area (Å²) in [5.41, 5.74) is 0.827. The predicted molar refractivity (Wildman–Crippen MR) is 96.3 cm³/mol. The van der Waals surface area contributed by atoms with E-state index >= 15 is 0 Å². The van der Waals surface area contributed by atoms with Crippen LogP contribution in [0.4, 0.5) is 15.2 Å². The smallest absolute Gasteiger partial charge is 0.338 e. The number of anilines is 1. The highest BCUT2D eigenvalue weighted by molar-refractivity contribution is 7.22. The molecule has 27 heavy (non-hydrogen) atoms. The molecule has 3 rings (SSSR count). The number of nitrogens with one attached hydrogen (secondary N) is 1. The SMILES string of the molecule is Cc1cc(C(=O)OCC(=O)Nc2nc3ccc(F)cc3s2)ccc1[N+](=O)[O-]. The summed E-state index contributed by atoms with van der Waals surface area (Å²) in [7, 11) is 0. The number of amides is 1. The largest absolute Gasteiger partial charge is 0.452 e. The van der Waals surface area contributed by atoms with Crippen molar-refractivity contribution < 1.29 is 23.6 Å². The average molecular weight is 389 g/mol. The molecule has 8 nitrogen and oxygen atoms in total. The Labute approximate surface area is 155 Å². The number of benzene rings is 2. The molecule has 2 aromatic carbocycles. The summed E-state index contributed by atoms with van der Waals surface area (Å²) >= 11 is 1.09. The number of ether oxygens (including phenoxy) is 1. The van der Waals surface area contributed by atoms with Gasteiger partial charge < -0.3 is 4.74 Å². The number of rotatable bonds is 5. The Morgan fingerprint density at radius 1 is 1.30 bits per heavy atom. The number of nitrogens with zero attached hydrogens (tertiary/aromatic N) is 2. The monoisotopic (exact) mass is 389 g/mol. The third-order valence-electron chi connectivity index (χ3n) is 3.56. The van der Waals surface area contributed by atoms with Gasteiger partial charge in [-0.2, -0.15) is 0 Å². The summed E-state index contributed by atoms with van der Waals surface area (Å²) in [5.74, 6) is -1.80. The molecule has 0 radical (unpaired) electrons. The topological polar surface area (TPSA) is 111 Å². The van der Waals surface area contributed by atoms with E-state index in [0.29, 0.717) is 15.8 Å². The van der Waals surface area contributed by atoms with Crippen molar-refractivity contribution in [2.75, 3.05) is 11.9 Å². The zero-order chi connectivity index (χ0) is 19.6. The van der Waals surface area contributed by atoms with Crippen LogP contribution >= 0.6 is 11.3 Å². The third kappa shape index (κ3) is 4.23. The number of nitro benzene ring substituents is 1. The first kappa shape index (κ1) is 18.4. The molecule has 0 atom stereocenters. The van der Waals surface area contributed by atoms with E-state index < -0.39 is 29.2 Å². The summed E-state index contributed by atoms with van der Waals surface area (Å²) in [4.78, 5) is 38.3.